The molecule has 1 aromatic carbocycles. The van der Waals surface area contributed by atoms with Crippen molar-refractivity contribution in [2.45, 2.75) is 6.43 Å². The molecular weight excluding hydrogens is 216 g/mol. The number of alkyl halides is 2. The van der Waals surface area contributed by atoms with Crippen molar-refractivity contribution in [3.8, 4) is 17.1 Å². The quantitative estimate of drug-likeness (QED) is 0.851. The first kappa shape index (κ1) is 10.5. The van der Waals surface area contributed by atoms with E-state index in [-0.39, 0.29) is 17.4 Å². The Hall–Kier alpha value is -1.98. The highest BCUT2D eigenvalue weighted by Crippen LogP contribution is 2.22. The van der Waals surface area contributed by atoms with E-state index in [0.717, 1.165) is 4.68 Å². The summed E-state index contributed by atoms with van der Waals surface area (Å²) < 4.78 is 26.0. The lowest BCUT2D eigenvalue weighted by Gasteiger charge is -1.94. The van der Waals surface area contributed by atoms with Crippen LogP contribution in [0.3, 0.4) is 0 Å². The molecule has 0 radical (unpaired) electrons. The summed E-state index contributed by atoms with van der Waals surface area (Å²) in [5.41, 5.74) is 0.584. The summed E-state index contributed by atoms with van der Waals surface area (Å²) in [6.45, 7) is 0. The molecule has 0 unspecified atom stereocenters. The molecular formula is C10H9F2N3O. The summed E-state index contributed by atoms with van der Waals surface area (Å²) in [6.07, 6.45) is -2.65. The van der Waals surface area contributed by atoms with Crippen molar-refractivity contribution in [1.29, 1.82) is 0 Å². The number of aromatic hydroxyl groups is 1. The van der Waals surface area contributed by atoms with Gasteiger partial charge in [-0.25, -0.2) is 18.4 Å². The van der Waals surface area contributed by atoms with Crippen LogP contribution >= 0.6 is 0 Å². The molecule has 2 aromatic rings. The minimum atomic E-state index is -2.65. The largest absolute Gasteiger partial charge is 0.508 e. The average Bonchev–Trinajstić information content (AvgIpc) is 2.61. The Morgan fingerprint density at radius 1 is 1.25 bits per heavy atom. The number of phenolic OH excluding ortho intramolecular Hbond substituents is 1. The molecule has 0 aliphatic heterocycles. The van der Waals surface area contributed by atoms with Gasteiger partial charge in [-0.2, -0.15) is 5.10 Å². The summed E-state index contributed by atoms with van der Waals surface area (Å²) >= 11 is 0. The van der Waals surface area contributed by atoms with E-state index in [1.807, 2.05) is 0 Å². The number of nitrogens with zero attached hydrogens (tertiary/aromatic N) is 3. The van der Waals surface area contributed by atoms with Crippen LogP contribution in [0.15, 0.2) is 24.3 Å². The van der Waals surface area contributed by atoms with E-state index in [0.29, 0.717) is 5.56 Å². The van der Waals surface area contributed by atoms with Gasteiger partial charge in [0.25, 0.3) is 6.43 Å². The monoisotopic (exact) mass is 225 g/mol. The molecule has 1 aromatic heterocycles. The van der Waals surface area contributed by atoms with E-state index in [4.69, 9.17) is 5.11 Å². The first-order valence-electron chi connectivity index (χ1n) is 4.56. The molecule has 0 saturated heterocycles. The first-order chi connectivity index (χ1) is 7.58. The van der Waals surface area contributed by atoms with Crippen LogP contribution in [-0.4, -0.2) is 19.9 Å². The number of benzene rings is 1. The fourth-order valence-electron chi connectivity index (χ4n) is 1.32. The average molecular weight is 225 g/mol. The Bertz CT molecular complexity index is 493. The summed E-state index contributed by atoms with van der Waals surface area (Å²) in [5.74, 6) is -0.0466. The standard InChI is InChI=1S/C10H9F2N3O/c1-15-10(8(11)12)13-9(14-15)6-2-4-7(16)5-3-6/h2-5,8,16H,1H3. The van der Waals surface area contributed by atoms with Crippen LogP contribution in [0.4, 0.5) is 8.78 Å². The Labute approximate surface area is 90.2 Å². The molecule has 6 heteroatoms. The number of hydrogen-bond donors (Lipinski definition) is 1. The van der Waals surface area contributed by atoms with E-state index in [9.17, 15) is 8.78 Å². The van der Waals surface area contributed by atoms with Gasteiger partial charge < -0.3 is 5.11 Å². The number of aromatic nitrogens is 3. The van der Waals surface area contributed by atoms with Crippen molar-refractivity contribution in [2.24, 2.45) is 7.05 Å². The Morgan fingerprint density at radius 3 is 2.38 bits per heavy atom. The highest BCUT2D eigenvalue weighted by Gasteiger charge is 2.17. The minimum absolute atomic E-state index is 0.105. The van der Waals surface area contributed by atoms with Crippen molar-refractivity contribution < 1.29 is 13.9 Å². The van der Waals surface area contributed by atoms with Crippen LogP contribution in [0, 0.1) is 0 Å². The summed E-state index contributed by atoms with van der Waals surface area (Å²) in [6, 6.07) is 6.04. The zero-order valence-corrected chi connectivity index (χ0v) is 8.43. The topological polar surface area (TPSA) is 50.9 Å². The van der Waals surface area contributed by atoms with Crippen LogP contribution < -0.4 is 0 Å². The molecule has 84 valence electrons. The van der Waals surface area contributed by atoms with Crippen LogP contribution in [-0.2, 0) is 7.05 Å². The van der Waals surface area contributed by atoms with Gasteiger partial charge in [-0.3, -0.25) is 0 Å². The molecule has 0 amide bonds. The van der Waals surface area contributed by atoms with Gasteiger partial charge in [0, 0.05) is 12.6 Å². The van der Waals surface area contributed by atoms with Crippen molar-refractivity contribution in [1.82, 2.24) is 14.8 Å². The molecule has 0 atom stereocenters. The normalized spacial score (nSPS) is 11.0. The maximum atomic E-state index is 12.5. The molecule has 0 aliphatic carbocycles. The van der Waals surface area contributed by atoms with E-state index in [1.165, 1.54) is 19.2 Å². The molecule has 0 spiro atoms. The van der Waals surface area contributed by atoms with Crippen LogP contribution in [0.25, 0.3) is 11.4 Å². The zero-order valence-electron chi connectivity index (χ0n) is 8.43. The number of halogens is 2. The van der Waals surface area contributed by atoms with E-state index < -0.39 is 6.43 Å². The van der Waals surface area contributed by atoms with E-state index in [1.54, 1.807) is 12.1 Å². The van der Waals surface area contributed by atoms with Gasteiger partial charge in [0.2, 0.25) is 0 Å². The predicted octanol–water partition coefficient (Wildman–Crippen LogP) is 2.13. The first-order valence-corrected chi connectivity index (χ1v) is 4.56. The zero-order chi connectivity index (χ0) is 11.7. The van der Waals surface area contributed by atoms with Gasteiger partial charge in [0.1, 0.15) is 5.75 Å². The lowest BCUT2D eigenvalue weighted by molar-refractivity contribution is 0.135. The van der Waals surface area contributed by atoms with Gasteiger partial charge in [0.15, 0.2) is 11.6 Å². The lowest BCUT2D eigenvalue weighted by atomic mass is 10.2. The molecule has 0 aliphatic rings. The summed E-state index contributed by atoms with van der Waals surface area (Å²) in [4.78, 5) is 3.73. The predicted molar refractivity (Wildman–Crippen MR) is 53.1 cm³/mol. The van der Waals surface area contributed by atoms with Crippen LogP contribution in [0.1, 0.15) is 12.2 Å². The third-order valence-corrected chi connectivity index (χ3v) is 2.12. The lowest BCUT2D eigenvalue weighted by Crippen LogP contribution is -1.98. The molecule has 0 fully saturated rings. The van der Waals surface area contributed by atoms with Gasteiger partial charge in [-0.15, -0.1) is 0 Å². The summed E-state index contributed by atoms with van der Waals surface area (Å²) in [5, 5.41) is 13.0. The minimum Gasteiger partial charge on any atom is -0.508 e. The molecule has 0 bridgehead atoms. The van der Waals surface area contributed by atoms with Crippen molar-refractivity contribution >= 4 is 0 Å². The highest BCUT2D eigenvalue weighted by molar-refractivity contribution is 5.55. The van der Waals surface area contributed by atoms with Gasteiger partial charge >= 0.3 is 0 Å². The fourth-order valence-corrected chi connectivity index (χ4v) is 1.32. The Kier molecular flexibility index (Phi) is 2.55. The smallest absolute Gasteiger partial charge is 0.297 e. The van der Waals surface area contributed by atoms with Gasteiger partial charge in [-0.05, 0) is 24.3 Å². The van der Waals surface area contributed by atoms with E-state index >= 15 is 0 Å². The van der Waals surface area contributed by atoms with Gasteiger partial charge in [0.05, 0.1) is 0 Å². The van der Waals surface area contributed by atoms with Gasteiger partial charge in [-0.1, -0.05) is 0 Å². The second-order valence-electron chi connectivity index (χ2n) is 3.26. The molecule has 0 saturated carbocycles. The van der Waals surface area contributed by atoms with E-state index in [2.05, 4.69) is 10.1 Å². The molecule has 16 heavy (non-hydrogen) atoms. The third kappa shape index (κ3) is 1.86. The molecule has 1 N–H and O–H groups in total. The molecule has 4 nitrogen and oxygen atoms in total. The second-order valence-corrected chi connectivity index (χ2v) is 3.26. The summed E-state index contributed by atoms with van der Waals surface area (Å²) in [7, 11) is 1.42. The SMILES string of the molecule is Cn1nc(-c2ccc(O)cc2)nc1C(F)F. The maximum Gasteiger partial charge on any atom is 0.297 e. The van der Waals surface area contributed by atoms with Crippen molar-refractivity contribution in [3.63, 3.8) is 0 Å². The van der Waals surface area contributed by atoms with Crippen LogP contribution in [0.5, 0.6) is 5.75 Å². The van der Waals surface area contributed by atoms with Crippen molar-refractivity contribution in [2.75, 3.05) is 0 Å². The number of aryl methyl sites for hydroxylation is 1. The van der Waals surface area contributed by atoms with Crippen molar-refractivity contribution in [3.05, 3.63) is 30.1 Å². The number of hydrogen-bond acceptors (Lipinski definition) is 3. The Morgan fingerprint density at radius 2 is 1.88 bits per heavy atom. The fraction of sp³-hybridized carbons (Fsp3) is 0.200. The molecule has 2 rings (SSSR count). The maximum absolute atomic E-state index is 12.5. The number of phenols is 1. The second kappa shape index (κ2) is 3.88. The van der Waals surface area contributed by atoms with Crippen LogP contribution in [0.2, 0.25) is 0 Å². The third-order valence-electron chi connectivity index (χ3n) is 2.12. The molecule has 1 heterocycles. The Balaban J connectivity index is 2.41. The number of rotatable bonds is 2. The highest BCUT2D eigenvalue weighted by atomic mass is 19.3.